The fraction of sp³-hybridized carbons (Fsp3) is 1.00. The van der Waals surface area contributed by atoms with E-state index in [1.165, 1.54) is 7.11 Å². The Hall–Kier alpha value is -0.410. The first-order chi connectivity index (χ1) is 7.06. The highest BCUT2D eigenvalue weighted by Crippen LogP contribution is 2.41. The molecule has 0 radical (unpaired) electrons. The summed E-state index contributed by atoms with van der Waals surface area (Å²) < 4.78 is 85.0. The van der Waals surface area contributed by atoms with E-state index >= 15 is 0 Å². The largest absolute Gasteiger partial charge is 0.743 e. The SMILES string of the molecule is COCCCCC(F)(F)C(F)(F)S(=O)(=O)[O-]. The van der Waals surface area contributed by atoms with E-state index in [0.717, 1.165) is 0 Å². The van der Waals surface area contributed by atoms with Gasteiger partial charge in [0.2, 0.25) is 0 Å². The van der Waals surface area contributed by atoms with Crippen molar-refractivity contribution in [3.63, 3.8) is 0 Å². The molecule has 98 valence electrons. The maximum atomic E-state index is 12.8. The van der Waals surface area contributed by atoms with Gasteiger partial charge >= 0.3 is 11.2 Å². The highest BCUT2D eigenvalue weighted by atomic mass is 32.2. The van der Waals surface area contributed by atoms with Crippen LogP contribution in [0.5, 0.6) is 0 Å². The van der Waals surface area contributed by atoms with E-state index in [1.807, 2.05) is 0 Å². The molecular formula is C7H11F4O4S-. The van der Waals surface area contributed by atoms with E-state index in [4.69, 9.17) is 0 Å². The highest BCUT2D eigenvalue weighted by molar-refractivity contribution is 7.86. The van der Waals surface area contributed by atoms with Crippen molar-refractivity contribution < 1.29 is 35.3 Å². The van der Waals surface area contributed by atoms with E-state index in [-0.39, 0.29) is 19.4 Å². The summed E-state index contributed by atoms with van der Waals surface area (Å²) in [5.41, 5.74) is 0. The van der Waals surface area contributed by atoms with E-state index < -0.39 is 27.7 Å². The summed E-state index contributed by atoms with van der Waals surface area (Å²) in [6, 6.07) is 0. The van der Waals surface area contributed by atoms with Gasteiger partial charge in [-0.15, -0.1) is 0 Å². The van der Waals surface area contributed by atoms with Crippen LogP contribution in [0, 0.1) is 0 Å². The van der Waals surface area contributed by atoms with Crippen molar-refractivity contribution >= 4 is 10.1 Å². The number of hydrogen-bond acceptors (Lipinski definition) is 4. The molecule has 0 unspecified atom stereocenters. The Labute approximate surface area is 90.3 Å². The molecule has 0 aliphatic carbocycles. The molecule has 0 fully saturated rings. The molecule has 0 amide bonds. The average Bonchev–Trinajstić information content (AvgIpc) is 2.10. The molecule has 0 aromatic rings. The maximum absolute atomic E-state index is 12.8. The van der Waals surface area contributed by atoms with E-state index in [9.17, 15) is 30.5 Å². The number of ether oxygens (including phenoxy) is 1. The first-order valence-electron chi connectivity index (χ1n) is 4.26. The van der Waals surface area contributed by atoms with Crippen molar-refractivity contribution in [3.8, 4) is 0 Å². The van der Waals surface area contributed by atoms with Gasteiger partial charge in [-0.1, -0.05) is 0 Å². The van der Waals surface area contributed by atoms with Crippen molar-refractivity contribution in [2.24, 2.45) is 0 Å². The lowest BCUT2D eigenvalue weighted by atomic mass is 10.1. The van der Waals surface area contributed by atoms with Gasteiger partial charge in [0.15, 0.2) is 10.1 Å². The second kappa shape index (κ2) is 5.28. The van der Waals surface area contributed by atoms with Crippen LogP contribution in [0.15, 0.2) is 0 Å². The summed E-state index contributed by atoms with van der Waals surface area (Å²) in [7, 11) is -5.07. The Morgan fingerprint density at radius 3 is 2.06 bits per heavy atom. The summed E-state index contributed by atoms with van der Waals surface area (Å²) in [6.07, 6.45) is -1.68. The lowest BCUT2D eigenvalue weighted by Crippen LogP contribution is -2.46. The number of rotatable bonds is 7. The third-order valence-electron chi connectivity index (χ3n) is 1.83. The van der Waals surface area contributed by atoms with Crippen LogP contribution in [0.1, 0.15) is 19.3 Å². The quantitative estimate of drug-likeness (QED) is 0.399. The first-order valence-corrected chi connectivity index (χ1v) is 5.67. The van der Waals surface area contributed by atoms with Gasteiger partial charge in [0, 0.05) is 20.1 Å². The molecule has 0 aromatic heterocycles. The third-order valence-corrected chi connectivity index (χ3v) is 2.76. The van der Waals surface area contributed by atoms with Gasteiger partial charge in [0.05, 0.1) is 0 Å². The summed E-state index contributed by atoms with van der Waals surface area (Å²) >= 11 is 0. The summed E-state index contributed by atoms with van der Waals surface area (Å²) in [4.78, 5) is 0. The van der Waals surface area contributed by atoms with Crippen molar-refractivity contribution in [1.29, 1.82) is 0 Å². The van der Waals surface area contributed by atoms with Crippen LogP contribution >= 0.6 is 0 Å². The molecule has 0 bridgehead atoms. The van der Waals surface area contributed by atoms with Crippen LogP contribution in [0.4, 0.5) is 17.6 Å². The molecule has 16 heavy (non-hydrogen) atoms. The maximum Gasteiger partial charge on any atom is 0.396 e. The standard InChI is InChI=1S/C7H12F4O4S/c1-15-5-3-2-4-6(8,9)7(10,11)16(12,13)14/h2-5H2,1H3,(H,12,13,14)/p-1. The van der Waals surface area contributed by atoms with Gasteiger partial charge in [-0.25, -0.2) is 8.42 Å². The van der Waals surface area contributed by atoms with Gasteiger partial charge in [-0.05, 0) is 12.8 Å². The first kappa shape index (κ1) is 15.6. The fourth-order valence-corrected chi connectivity index (χ4v) is 1.39. The van der Waals surface area contributed by atoms with Gasteiger partial charge in [-0.2, -0.15) is 17.6 Å². The molecule has 0 aliphatic rings. The van der Waals surface area contributed by atoms with Gasteiger partial charge in [0.25, 0.3) is 0 Å². The average molecular weight is 267 g/mol. The number of halogens is 4. The van der Waals surface area contributed by atoms with Gasteiger partial charge < -0.3 is 9.29 Å². The Morgan fingerprint density at radius 2 is 1.69 bits per heavy atom. The molecule has 0 N–H and O–H groups in total. The second-order valence-corrected chi connectivity index (χ2v) is 4.55. The van der Waals surface area contributed by atoms with Crippen molar-refractivity contribution in [2.45, 2.75) is 30.4 Å². The number of unbranched alkanes of at least 4 members (excludes halogenated alkanes) is 1. The monoisotopic (exact) mass is 267 g/mol. The van der Waals surface area contributed by atoms with Gasteiger partial charge in [-0.3, -0.25) is 0 Å². The summed E-state index contributed by atoms with van der Waals surface area (Å²) in [5, 5.41) is -5.58. The predicted octanol–water partition coefficient (Wildman–Crippen LogP) is 1.58. The topological polar surface area (TPSA) is 66.4 Å². The molecule has 0 saturated heterocycles. The number of alkyl halides is 4. The normalized spacial score (nSPS) is 14.1. The molecule has 4 nitrogen and oxygen atoms in total. The van der Waals surface area contributed by atoms with Crippen LogP contribution in [0.25, 0.3) is 0 Å². The fourth-order valence-electron chi connectivity index (χ4n) is 0.922. The van der Waals surface area contributed by atoms with Crippen molar-refractivity contribution in [2.75, 3.05) is 13.7 Å². The van der Waals surface area contributed by atoms with E-state index in [0.29, 0.717) is 0 Å². The lowest BCUT2D eigenvalue weighted by molar-refractivity contribution is -0.165. The Balaban J connectivity index is 4.54. The molecule has 0 saturated carbocycles. The van der Waals surface area contributed by atoms with Crippen LogP contribution < -0.4 is 0 Å². The van der Waals surface area contributed by atoms with Crippen molar-refractivity contribution in [3.05, 3.63) is 0 Å². The summed E-state index contributed by atoms with van der Waals surface area (Å²) in [5.74, 6) is -4.86. The Morgan fingerprint density at radius 1 is 1.19 bits per heavy atom. The molecule has 0 heterocycles. The van der Waals surface area contributed by atoms with Crippen LogP contribution in [0.3, 0.4) is 0 Å². The Kier molecular flexibility index (Phi) is 5.15. The smallest absolute Gasteiger partial charge is 0.396 e. The number of methoxy groups -OCH3 is 1. The minimum Gasteiger partial charge on any atom is -0.743 e. The minimum atomic E-state index is -6.37. The molecule has 0 aromatic carbocycles. The zero-order valence-corrected chi connectivity index (χ0v) is 9.20. The molecule has 0 aliphatic heterocycles. The van der Waals surface area contributed by atoms with Crippen molar-refractivity contribution in [1.82, 2.24) is 0 Å². The second-order valence-electron chi connectivity index (χ2n) is 3.13. The molecule has 0 spiro atoms. The van der Waals surface area contributed by atoms with E-state index in [1.54, 1.807) is 0 Å². The third kappa shape index (κ3) is 3.56. The van der Waals surface area contributed by atoms with Crippen LogP contribution in [-0.4, -0.2) is 37.9 Å². The van der Waals surface area contributed by atoms with Crippen LogP contribution in [0.2, 0.25) is 0 Å². The number of hydrogen-bond donors (Lipinski definition) is 0. The lowest BCUT2D eigenvalue weighted by Gasteiger charge is -2.28. The van der Waals surface area contributed by atoms with Crippen LogP contribution in [-0.2, 0) is 14.9 Å². The molecule has 9 heteroatoms. The highest BCUT2D eigenvalue weighted by Gasteiger charge is 2.60. The zero-order chi connectivity index (χ0) is 13.0. The minimum absolute atomic E-state index is 0.0705. The molecule has 0 rings (SSSR count). The Bertz CT molecular complexity index is 314. The van der Waals surface area contributed by atoms with E-state index in [2.05, 4.69) is 4.74 Å². The molecular weight excluding hydrogens is 256 g/mol. The summed E-state index contributed by atoms with van der Waals surface area (Å²) in [6.45, 7) is 0.0891. The van der Waals surface area contributed by atoms with Gasteiger partial charge in [0.1, 0.15) is 0 Å². The predicted molar refractivity (Wildman–Crippen MR) is 45.3 cm³/mol. The zero-order valence-electron chi connectivity index (χ0n) is 8.38. The molecule has 0 atom stereocenters.